The molecule has 0 aliphatic carbocycles. The maximum Gasteiger partial charge on any atom is 0.158 e. The highest BCUT2D eigenvalue weighted by Gasteiger charge is 2.03. The third kappa shape index (κ3) is 4.97. The Bertz CT molecular complexity index is 309. The largest absolute Gasteiger partial charge is 0.396 e. The minimum atomic E-state index is 0.170. The van der Waals surface area contributed by atoms with Crippen LogP contribution in [0.2, 0.25) is 0 Å². The lowest BCUT2D eigenvalue weighted by Crippen LogP contribution is -2.10. The van der Waals surface area contributed by atoms with Gasteiger partial charge in [0, 0.05) is 32.9 Å². The van der Waals surface area contributed by atoms with Gasteiger partial charge in [-0.1, -0.05) is 0 Å². The summed E-state index contributed by atoms with van der Waals surface area (Å²) in [4.78, 5) is 8.61. The molecule has 1 rings (SSSR count). The number of methoxy groups -OCH3 is 1. The monoisotopic (exact) mass is 240 g/mol. The third-order valence-corrected chi connectivity index (χ3v) is 2.04. The summed E-state index contributed by atoms with van der Waals surface area (Å²) in [7, 11) is 1.61. The summed E-state index contributed by atoms with van der Waals surface area (Å²) in [5.41, 5.74) is 0. The van der Waals surface area contributed by atoms with E-state index in [4.69, 9.17) is 9.84 Å². The van der Waals surface area contributed by atoms with E-state index in [-0.39, 0.29) is 6.61 Å². The number of anilines is 2. The lowest BCUT2D eigenvalue weighted by Gasteiger charge is -2.09. The first kappa shape index (κ1) is 13.7. The first-order valence-electron chi connectivity index (χ1n) is 5.75. The topological polar surface area (TPSA) is 79.3 Å². The fourth-order valence-electron chi connectivity index (χ4n) is 1.35. The molecule has 0 saturated heterocycles. The van der Waals surface area contributed by atoms with Crippen molar-refractivity contribution in [2.24, 2.45) is 0 Å². The van der Waals surface area contributed by atoms with Crippen LogP contribution in [-0.4, -0.2) is 41.9 Å². The zero-order valence-electron chi connectivity index (χ0n) is 10.4. The highest BCUT2D eigenvalue weighted by atomic mass is 16.5. The Labute approximate surface area is 101 Å². The Balaban J connectivity index is 2.72. The molecule has 1 aromatic rings. The molecule has 0 spiro atoms. The minimum Gasteiger partial charge on any atom is -0.396 e. The standard InChI is InChI=1S/C11H20N4O2/c1-3-12-9-7-10(13-5-4-6-16)15-11(14-9)8-17-2/h7,16H,3-6,8H2,1-2H3,(H2,12,13,14,15). The SMILES string of the molecule is CCNc1cc(NCCCO)nc(COC)n1. The average molecular weight is 240 g/mol. The fraction of sp³-hybridized carbons (Fsp3) is 0.636. The van der Waals surface area contributed by atoms with E-state index in [2.05, 4.69) is 20.6 Å². The van der Waals surface area contributed by atoms with E-state index < -0.39 is 0 Å². The molecule has 0 atom stereocenters. The van der Waals surface area contributed by atoms with Gasteiger partial charge in [0.2, 0.25) is 0 Å². The number of rotatable bonds is 8. The molecule has 0 unspecified atom stereocenters. The number of aliphatic hydroxyl groups is 1. The van der Waals surface area contributed by atoms with Crippen molar-refractivity contribution in [2.45, 2.75) is 20.0 Å². The van der Waals surface area contributed by atoms with Gasteiger partial charge >= 0.3 is 0 Å². The number of hydrogen-bond acceptors (Lipinski definition) is 6. The van der Waals surface area contributed by atoms with Crippen molar-refractivity contribution >= 4 is 11.6 Å². The van der Waals surface area contributed by atoms with Crippen molar-refractivity contribution in [1.29, 1.82) is 0 Å². The number of nitrogens with one attached hydrogen (secondary N) is 2. The molecule has 3 N–H and O–H groups in total. The first-order chi connectivity index (χ1) is 8.30. The molecule has 6 nitrogen and oxygen atoms in total. The number of aromatic nitrogens is 2. The predicted molar refractivity (Wildman–Crippen MR) is 67.1 cm³/mol. The van der Waals surface area contributed by atoms with Gasteiger partial charge in [-0.2, -0.15) is 0 Å². The van der Waals surface area contributed by atoms with Gasteiger partial charge in [0.05, 0.1) is 0 Å². The number of ether oxygens (including phenoxy) is 1. The van der Waals surface area contributed by atoms with Crippen LogP contribution in [0.1, 0.15) is 19.2 Å². The van der Waals surface area contributed by atoms with Crippen LogP contribution in [-0.2, 0) is 11.3 Å². The summed E-state index contributed by atoms with van der Waals surface area (Å²) in [6, 6.07) is 1.85. The van der Waals surface area contributed by atoms with Gasteiger partial charge in [-0.05, 0) is 13.3 Å². The molecular weight excluding hydrogens is 220 g/mol. The van der Waals surface area contributed by atoms with Crippen LogP contribution < -0.4 is 10.6 Å². The molecule has 0 aliphatic heterocycles. The lowest BCUT2D eigenvalue weighted by molar-refractivity contribution is 0.178. The Morgan fingerprint density at radius 2 is 2.00 bits per heavy atom. The molecule has 0 amide bonds. The molecule has 0 fully saturated rings. The van der Waals surface area contributed by atoms with Crippen LogP contribution in [0, 0.1) is 0 Å². The number of aliphatic hydroxyl groups excluding tert-OH is 1. The molecule has 0 aromatic carbocycles. The fourth-order valence-corrected chi connectivity index (χ4v) is 1.35. The molecule has 0 radical (unpaired) electrons. The van der Waals surface area contributed by atoms with Crippen molar-refractivity contribution in [3.63, 3.8) is 0 Å². The minimum absolute atomic E-state index is 0.170. The van der Waals surface area contributed by atoms with Crippen LogP contribution in [0.4, 0.5) is 11.6 Å². The van der Waals surface area contributed by atoms with Gasteiger partial charge < -0.3 is 20.5 Å². The molecule has 0 saturated carbocycles. The van der Waals surface area contributed by atoms with Crippen LogP contribution >= 0.6 is 0 Å². The van der Waals surface area contributed by atoms with E-state index in [0.717, 1.165) is 18.2 Å². The highest BCUT2D eigenvalue weighted by molar-refractivity contribution is 5.47. The van der Waals surface area contributed by atoms with Crippen molar-refractivity contribution in [3.05, 3.63) is 11.9 Å². The van der Waals surface area contributed by atoms with E-state index in [1.165, 1.54) is 0 Å². The maximum absolute atomic E-state index is 8.72. The number of hydrogen-bond donors (Lipinski definition) is 3. The molecule has 0 bridgehead atoms. The number of nitrogens with zero attached hydrogens (tertiary/aromatic N) is 2. The molecule has 96 valence electrons. The van der Waals surface area contributed by atoms with Crippen molar-refractivity contribution in [2.75, 3.05) is 37.4 Å². The maximum atomic E-state index is 8.72. The van der Waals surface area contributed by atoms with Crippen LogP contribution in [0.3, 0.4) is 0 Å². The van der Waals surface area contributed by atoms with E-state index in [0.29, 0.717) is 25.4 Å². The smallest absolute Gasteiger partial charge is 0.158 e. The van der Waals surface area contributed by atoms with E-state index in [1.54, 1.807) is 7.11 Å². The molecule has 0 aliphatic rings. The molecule has 1 aromatic heterocycles. The second-order valence-corrected chi connectivity index (χ2v) is 3.52. The summed E-state index contributed by atoms with van der Waals surface area (Å²) < 4.78 is 5.02. The second kappa shape index (κ2) is 7.81. The Hall–Kier alpha value is -1.40. The summed E-state index contributed by atoms with van der Waals surface area (Å²) in [5, 5.41) is 15.0. The predicted octanol–water partition coefficient (Wildman–Crippen LogP) is 0.849. The van der Waals surface area contributed by atoms with Crippen molar-refractivity contribution in [3.8, 4) is 0 Å². The zero-order chi connectivity index (χ0) is 12.5. The van der Waals surface area contributed by atoms with Gasteiger partial charge in [0.15, 0.2) is 5.82 Å². The van der Waals surface area contributed by atoms with Gasteiger partial charge in [-0.3, -0.25) is 0 Å². The quantitative estimate of drug-likeness (QED) is 0.585. The van der Waals surface area contributed by atoms with Crippen LogP contribution in [0.5, 0.6) is 0 Å². The van der Waals surface area contributed by atoms with E-state index in [9.17, 15) is 0 Å². The first-order valence-corrected chi connectivity index (χ1v) is 5.75. The summed E-state index contributed by atoms with van der Waals surface area (Å²) in [5.74, 6) is 2.16. The highest BCUT2D eigenvalue weighted by Crippen LogP contribution is 2.11. The van der Waals surface area contributed by atoms with Crippen molar-refractivity contribution < 1.29 is 9.84 Å². The molecular formula is C11H20N4O2. The zero-order valence-corrected chi connectivity index (χ0v) is 10.4. The van der Waals surface area contributed by atoms with Gasteiger partial charge in [0.25, 0.3) is 0 Å². The van der Waals surface area contributed by atoms with E-state index in [1.807, 2.05) is 13.0 Å². The van der Waals surface area contributed by atoms with E-state index >= 15 is 0 Å². The van der Waals surface area contributed by atoms with Gasteiger partial charge in [-0.15, -0.1) is 0 Å². The third-order valence-electron chi connectivity index (χ3n) is 2.04. The Kier molecular flexibility index (Phi) is 6.27. The second-order valence-electron chi connectivity index (χ2n) is 3.52. The van der Waals surface area contributed by atoms with Gasteiger partial charge in [0.1, 0.15) is 18.2 Å². The van der Waals surface area contributed by atoms with Gasteiger partial charge in [-0.25, -0.2) is 9.97 Å². The normalized spacial score (nSPS) is 10.3. The van der Waals surface area contributed by atoms with Crippen LogP contribution in [0.25, 0.3) is 0 Å². The Morgan fingerprint density at radius 1 is 1.29 bits per heavy atom. The lowest BCUT2D eigenvalue weighted by atomic mass is 10.4. The molecule has 6 heteroatoms. The molecule has 17 heavy (non-hydrogen) atoms. The van der Waals surface area contributed by atoms with Crippen molar-refractivity contribution in [1.82, 2.24) is 9.97 Å². The van der Waals surface area contributed by atoms with Crippen LogP contribution in [0.15, 0.2) is 6.07 Å². The summed E-state index contributed by atoms with van der Waals surface area (Å²) >= 11 is 0. The summed E-state index contributed by atoms with van der Waals surface area (Å²) in [6.45, 7) is 4.05. The molecule has 1 heterocycles. The average Bonchev–Trinajstić information content (AvgIpc) is 2.30. The summed E-state index contributed by atoms with van der Waals surface area (Å²) in [6.07, 6.45) is 0.695. The Morgan fingerprint density at radius 3 is 2.59 bits per heavy atom.